The Morgan fingerprint density at radius 2 is 1.40 bits per heavy atom. The Morgan fingerprint density at radius 1 is 0.950 bits per heavy atom. The number of halogens is 9. The van der Waals surface area contributed by atoms with Gasteiger partial charge in [-0.2, -0.15) is 39.5 Å². The molecule has 0 aliphatic carbocycles. The lowest BCUT2D eigenvalue weighted by Gasteiger charge is -2.34. The van der Waals surface area contributed by atoms with Crippen LogP contribution in [0.3, 0.4) is 0 Å². The third kappa shape index (κ3) is 3.88. The molecule has 2 N–H and O–H groups in total. The van der Waals surface area contributed by atoms with Gasteiger partial charge in [0, 0.05) is 13.7 Å². The summed E-state index contributed by atoms with van der Waals surface area (Å²) in [6.07, 6.45) is -17.0. The molecule has 0 saturated heterocycles. The van der Waals surface area contributed by atoms with E-state index in [-0.39, 0.29) is 7.11 Å². The fourth-order valence-electron chi connectivity index (χ4n) is 0.974. The highest BCUT2D eigenvalue weighted by atomic mass is 19.4. The summed E-state index contributed by atoms with van der Waals surface area (Å²) in [5, 5.41) is 0. The number of methoxy groups -OCH3 is 1. The fraction of sp³-hybridized carbons (Fsp3) is 1.00. The van der Waals surface area contributed by atoms with Crippen molar-refractivity contribution >= 4 is 0 Å². The van der Waals surface area contributed by atoms with Gasteiger partial charge in [-0.3, -0.25) is 0 Å². The highest BCUT2D eigenvalue weighted by Gasteiger charge is 2.74. The summed E-state index contributed by atoms with van der Waals surface area (Å²) in [4.78, 5) is 0. The highest BCUT2D eigenvalue weighted by molar-refractivity contribution is 4.87. The van der Waals surface area contributed by atoms with Gasteiger partial charge in [0.25, 0.3) is 0 Å². The lowest BCUT2D eigenvalue weighted by Crippen LogP contribution is -2.59. The molecule has 0 rings (SSSR count). The van der Waals surface area contributed by atoms with E-state index in [9.17, 15) is 39.5 Å². The molecule has 0 heterocycles. The van der Waals surface area contributed by atoms with Crippen LogP contribution in [0.4, 0.5) is 39.5 Å². The molecule has 0 aromatic heterocycles. The number of hydrogen-bond donors (Lipinski definition) is 1. The van der Waals surface area contributed by atoms with E-state index in [1.807, 2.05) is 0 Å². The number of ether oxygens (including phenoxy) is 2. The molecule has 20 heavy (non-hydrogen) atoms. The minimum Gasteiger partial charge on any atom is -0.331 e. The van der Waals surface area contributed by atoms with E-state index >= 15 is 0 Å². The van der Waals surface area contributed by atoms with E-state index in [0.29, 0.717) is 0 Å². The largest absolute Gasteiger partial charge is 0.457 e. The van der Waals surface area contributed by atoms with E-state index in [2.05, 4.69) is 15.2 Å². The van der Waals surface area contributed by atoms with Crippen LogP contribution in [0.15, 0.2) is 0 Å². The van der Waals surface area contributed by atoms with Crippen molar-refractivity contribution in [3.05, 3.63) is 0 Å². The van der Waals surface area contributed by atoms with Gasteiger partial charge in [-0.25, -0.2) is 0 Å². The predicted octanol–water partition coefficient (Wildman–Crippen LogP) is 2.61. The van der Waals surface area contributed by atoms with E-state index in [0.717, 1.165) is 0 Å². The quantitative estimate of drug-likeness (QED) is 0.764. The molecule has 0 bridgehead atoms. The summed E-state index contributed by atoms with van der Waals surface area (Å²) < 4.78 is 118. The molecule has 2 atom stereocenters. The molecular weight excluding hydrogens is 313 g/mol. The van der Waals surface area contributed by atoms with Crippen LogP contribution in [0, 0.1) is 5.92 Å². The first kappa shape index (κ1) is 19.2. The van der Waals surface area contributed by atoms with Crippen LogP contribution in [-0.2, 0) is 9.47 Å². The summed E-state index contributed by atoms with van der Waals surface area (Å²) in [6, 6.07) is 0. The van der Waals surface area contributed by atoms with Gasteiger partial charge >= 0.3 is 24.3 Å². The fourth-order valence-corrected chi connectivity index (χ4v) is 0.974. The predicted molar refractivity (Wildman–Crippen MR) is 46.4 cm³/mol. The van der Waals surface area contributed by atoms with Gasteiger partial charge in [-0.05, 0) is 0 Å². The summed E-state index contributed by atoms with van der Waals surface area (Å²) in [5.41, 5.74) is 4.62. The molecule has 122 valence electrons. The molecule has 0 fully saturated rings. The van der Waals surface area contributed by atoms with E-state index in [1.165, 1.54) is 0 Å². The Balaban J connectivity index is 5.23. The molecular formula is C8H10F9NO2. The second kappa shape index (κ2) is 5.93. The minimum atomic E-state index is -6.32. The molecule has 0 radical (unpaired) electrons. The van der Waals surface area contributed by atoms with Gasteiger partial charge in [0.15, 0.2) is 0 Å². The second-order valence-corrected chi connectivity index (χ2v) is 3.60. The van der Waals surface area contributed by atoms with Crippen LogP contribution >= 0.6 is 0 Å². The van der Waals surface area contributed by atoms with Crippen LogP contribution < -0.4 is 5.73 Å². The van der Waals surface area contributed by atoms with Crippen molar-refractivity contribution in [2.45, 2.75) is 24.3 Å². The molecule has 0 aliphatic heterocycles. The molecule has 0 amide bonds. The van der Waals surface area contributed by atoms with Crippen molar-refractivity contribution in [3.63, 3.8) is 0 Å². The smallest absolute Gasteiger partial charge is 0.331 e. The van der Waals surface area contributed by atoms with E-state index in [4.69, 9.17) is 0 Å². The molecule has 3 nitrogen and oxygen atoms in total. The average Bonchev–Trinajstić information content (AvgIpc) is 2.25. The molecule has 0 aromatic rings. The van der Waals surface area contributed by atoms with Crippen molar-refractivity contribution in [3.8, 4) is 0 Å². The van der Waals surface area contributed by atoms with Gasteiger partial charge in [0.05, 0.1) is 12.5 Å². The van der Waals surface area contributed by atoms with E-state index in [1.54, 1.807) is 0 Å². The van der Waals surface area contributed by atoms with Gasteiger partial charge in [0.1, 0.15) is 0 Å². The maximum atomic E-state index is 13.3. The summed E-state index contributed by atoms with van der Waals surface area (Å²) in [7, 11) is 0.0353. The summed E-state index contributed by atoms with van der Waals surface area (Å²) in [6.45, 7) is -3.31. The Morgan fingerprint density at radius 3 is 1.65 bits per heavy atom. The first-order valence-electron chi connectivity index (χ1n) is 4.82. The van der Waals surface area contributed by atoms with Crippen LogP contribution in [0.2, 0.25) is 0 Å². The van der Waals surface area contributed by atoms with Gasteiger partial charge in [-0.1, -0.05) is 0 Å². The van der Waals surface area contributed by atoms with Crippen molar-refractivity contribution in [2.24, 2.45) is 11.7 Å². The third-order valence-corrected chi connectivity index (χ3v) is 2.23. The first-order chi connectivity index (χ1) is 8.73. The number of rotatable bonds is 6. The Hall–Kier alpha value is -0.750. The van der Waals surface area contributed by atoms with Crippen LogP contribution in [0.1, 0.15) is 0 Å². The lowest BCUT2D eigenvalue weighted by molar-refractivity contribution is -0.457. The van der Waals surface area contributed by atoms with Crippen molar-refractivity contribution < 1.29 is 49.0 Å². The number of alkyl halides is 9. The van der Waals surface area contributed by atoms with Gasteiger partial charge in [-0.15, -0.1) is 0 Å². The Labute approximate surface area is 106 Å². The zero-order valence-electron chi connectivity index (χ0n) is 9.79. The molecule has 0 aliphatic rings. The third-order valence-electron chi connectivity index (χ3n) is 2.23. The van der Waals surface area contributed by atoms with Gasteiger partial charge in [0.2, 0.25) is 0 Å². The standard InChI is InChI=1S/C8H10F9NO2/c1-19-8(16,17)6(12,7(13,14)15)20-3-4(2-18)5(9,10)11/h4H,2-3,18H2,1H3. The lowest BCUT2D eigenvalue weighted by atomic mass is 10.1. The number of hydrogen-bond acceptors (Lipinski definition) is 3. The van der Waals surface area contributed by atoms with E-state index < -0.39 is 43.4 Å². The first-order valence-corrected chi connectivity index (χ1v) is 4.82. The molecule has 0 spiro atoms. The topological polar surface area (TPSA) is 44.5 Å². The molecule has 2 unspecified atom stereocenters. The van der Waals surface area contributed by atoms with Crippen LogP contribution in [0.5, 0.6) is 0 Å². The second-order valence-electron chi connectivity index (χ2n) is 3.60. The maximum absolute atomic E-state index is 13.3. The zero-order chi connectivity index (χ0) is 16.4. The minimum absolute atomic E-state index is 0.0353. The number of nitrogens with two attached hydrogens (primary N) is 1. The Bertz CT molecular complexity index is 316. The van der Waals surface area contributed by atoms with Gasteiger partial charge < -0.3 is 15.2 Å². The molecule has 0 aromatic carbocycles. The Kier molecular flexibility index (Phi) is 5.71. The average molecular weight is 323 g/mol. The summed E-state index contributed by atoms with van der Waals surface area (Å²) >= 11 is 0. The van der Waals surface area contributed by atoms with Crippen LogP contribution in [-0.4, -0.2) is 44.6 Å². The zero-order valence-corrected chi connectivity index (χ0v) is 9.79. The maximum Gasteiger partial charge on any atom is 0.457 e. The van der Waals surface area contributed by atoms with Crippen molar-refractivity contribution in [1.29, 1.82) is 0 Å². The van der Waals surface area contributed by atoms with Crippen molar-refractivity contribution in [1.82, 2.24) is 0 Å². The monoisotopic (exact) mass is 323 g/mol. The molecule has 12 heteroatoms. The SMILES string of the molecule is COC(F)(F)C(F)(OCC(CN)C(F)(F)F)C(F)(F)F. The van der Waals surface area contributed by atoms with Crippen LogP contribution in [0.25, 0.3) is 0 Å². The van der Waals surface area contributed by atoms with Crippen molar-refractivity contribution in [2.75, 3.05) is 20.3 Å². The highest BCUT2D eigenvalue weighted by Crippen LogP contribution is 2.47. The normalized spacial score (nSPS) is 18.8. The summed E-state index contributed by atoms with van der Waals surface area (Å²) in [5.74, 6) is -8.47. The molecule has 0 saturated carbocycles.